The van der Waals surface area contributed by atoms with E-state index in [1.807, 2.05) is 60.7 Å². The van der Waals surface area contributed by atoms with Crippen LogP contribution in [0, 0.1) is 13.8 Å². The maximum absolute atomic E-state index is 13.6. The second kappa shape index (κ2) is 14.7. The summed E-state index contributed by atoms with van der Waals surface area (Å²) in [6.45, 7) is 4.09. The van der Waals surface area contributed by atoms with Gasteiger partial charge in [0.15, 0.2) is 0 Å². The number of aryl methyl sites for hydroxylation is 2. The van der Waals surface area contributed by atoms with Gasteiger partial charge in [0, 0.05) is 41.0 Å². The maximum Gasteiger partial charge on any atom is 0.335 e. The van der Waals surface area contributed by atoms with Gasteiger partial charge in [0.1, 0.15) is 5.75 Å². The molecule has 1 aromatic heterocycles. The minimum atomic E-state index is -3.79. The molecule has 1 heterocycles. The molecular weight excluding hydrogens is 656 g/mol. The molecule has 9 heteroatoms. The standard InChI is InChI=1S/C40H37ClN2O5S/c1-27-10-9-11-28(2)39(27)49(46,47)42-24-22-37-34(23-25-48-33-19-16-31(17-20-33)40(44)45)35-26-32(41)18-21-36(35)43(37)38(29-12-5-3-6-13-29)30-14-7-4-8-15-30/h3-21,26,38,42H,22-25H2,1-2H3,(H,44,45). The van der Waals surface area contributed by atoms with Crippen LogP contribution < -0.4 is 9.46 Å². The van der Waals surface area contributed by atoms with Crippen molar-refractivity contribution in [2.75, 3.05) is 13.2 Å². The van der Waals surface area contributed by atoms with Gasteiger partial charge in [-0.15, -0.1) is 0 Å². The van der Waals surface area contributed by atoms with E-state index in [1.165, 1.54) is 12.1 Å². The van der Waals surface area contributed by atoms with Crippen LogP contribution in [0.1, 0.15) is 49.9 Å². The molecule has 6 aromatic rings. The van der Waals surface area contributed by atoms with E-state index in [2.05, 4.69) is 33.6 Å². The summed E-state index contributed by atoms with van der Waals surface area (Å²) in [5.41, 5.74) is 6.67. The number of rotatable bonds is 13. The van der Waals surface area contributed by atoms with Crippen molar-refractivity contribution >= 4 is 38.5 Å². The van der Waals surface area contributed by atoms with Crippen LogP contribution in [0.2, 0.25) is 5.02 Å². The number of aromatic carboxylic acids is 1. The lowest BCUT2D eigenvalue weighted by molar-refractivity contribution is 0.0697. The SMILES string of the molecule is Cc1cccc(C)c1S(=O)(=O)NCCc1c(CCOc2ccc(C(=O)O)cc2)c2cc(Cl)ccc2n1C(c1ccccc1)c1ccccc1. The number of aromatic nitrogens is 1. The first kappa shape index (κ1) is 34.0. The highest BCUT2D eigenvalue weighted by atomic mass is 35.5. The summed E-state index contributed by atoms with van der Waals surface area (Å²) in [4.78, 5) is 11.6. The summed E-state index contributed by atoms with van der Waals surface area (Å²) in [6.07, 6.45) is 0.898. The quantitative estimate of drug-likeness (QED) is 0.127. The van der Waals surface area contributed by atoms with Crippen molar-refractivity contribution in [3.8, 4) is 5.75 Å². The Hall–Kier alpha value is -4.89. The Morgan fingerprint density at radius 3 is 2.02 bits per heavy atom. The number of carboxylic acid groups (broad SMARTS) is 1. The molecule has 2 N–H and O–H groups in total. The van der Waals surface area contributed by atoms with Crippen LogP contribution in [0.5, 0.6) is 5.75 Å². The van der Waals surface area contributed by atoms with E-state index in [0.29, 0.717) is 46.2 Å². The van der Waals surface area contributed by atoms with Crippen LogP contribution in [0.25, 0.3) is 10.9 Å². The zero-order chi connectivity index (χ0) is 34.5. The minimum Gasteiger partial charge on any atom is -0.493 e. The lowest BCUT2D eigenvalue weighted by Gasteiger charge is -2.25. The molecule has 0 aliphatic rings. The van der Waals surface area contributed by atoms with Gasteiger partial charge in [-0.25, -0.2) is 17.9 Å². The summed E-state index contributed by atoms with van der Waals surface area (Å²) < 4.78 is 38.6. The maximum atomic E-state index is 13.6. The number of sulfonamides is 1. The highest BCUT2D eigenvalue weighted by Crippen LogP contribution is 2.38. The molecule has 0 bridgehead atoms. The van der Waals surface area contributed by atoms with Crippen molar-refractivity contribution in [1.82, 2.24) is 9.29 Å². The van der Waals surface area contributed by atoms with Gasteiger partial charge in [0.05, 0.1) is 23.1 Å². The van der Waals surface area contributed by atoms with Crippen LogP contribution >= 0.6 is 11.6 Å². The second-order valence-electron chi connectivity index (χ2n) is 12.0. The Balaban J connectivity index is 1.44. The predicted octanol–water partition coefficient (Wildman–Crippen LogP) is 8.39. The minimum absolute atomic E-state index is 0.168. The number of hydrogen-bond donors (Lipinski definition) is 2. The Morgan fingerprint density at radius 1 is 0.816 bits per heavy atom. The van der Waals surface area contributed by atoms with Crippen LogP contribution in [0.3, 0.4) is 0 Å². The molecule has 0 spiro atoms. The number of ether oxygens (including phenoxy) is 1. The molecule has 7 nitrogen and oxygen atoms in total. The largest absolute Gasteiger partial charge is 0.493 e. The number of carboxylic acids is 1. The molecule has 49 heavy (non-hydrogen) atoms. The molecule has 0 atom stereocenters. The molecule has 5 aromatic carbocycles. The normalized spacial score (nSPS) is 11.7. The van der Waals surface area contributed by atoms with E-state index < -0.39 is 16.0 Å². The predicted molar refractivity (Wildman–Crippen MR) is 194 cm³/mol. The molecule has 0 saturated carbocycles. The number of nitrogens with zero attached hydrogens (tertiary/aromatic N) is 1. The van der Waals surface area contributed by atoms with Crippen LogP contribution in [-0.2, 0) is 22.9 Å². The summed E-state index contributed by atoms with van der Waals surface area (Å²) in [5, 5.41) is 10.8. The van der Waals surface area contributed by atoms with Gasteiger partial charge >= 0.3 is 5.97 Å². The molecular formula is C40H37ClN2O5S. The van der Waals surface area contributed by atoms with E-state index in [9.17, 15) is 18.3 Å². The molecule has 250 valence electrons. The van der Waals surface area contributed by atoms with Gasteiger partial charge in [-0.05, 0) is 84.1 Å². The molecule has 0 fully saturated rings. The Morgan fingerprint density at radius 2 is 1.43 bits per heavy atom. The first-order chi connectivity index (χ1) is 23.6. The average molecular weight is 693 g/mol. The number of benzene rings is 5. The summed E-state index contributed by atoms with van der Waals surface area (Å²) >= 11 is 6.62. The fraction of sp³-hybridized carbons (Fsp3) is 0.175. The Kier molecular flexibility index (Phi) is 10.2. The van der Waals surface area contributed by atoms with Crippen molar-refractivity contribution in [2.45, 2.75) is 37.6 Å². The number of hydrogen-bond acceptors (Lipinski definition) is 4. The van der Waals surface area contributed by atoms with Gasteiger partial charge in [0.2, 0.25) is 10.0 Å². The van der Waals surface area contributed by atoms with Crippen molar-refractivity contribution in [2.24, 2.45) is 0 Å². The molecule has 0 saturated heterocycles. The average Bonchev–Trinajstić information content (AvgIpc) is 3.37. The van der Waals surface area contributed by atoms with Crippen LogP contribution in [-0.4, -0.2) is 37.2 Å². The van der Waals surface area contributed by atoms with Crippen molar-refractivity contribution in [3.63, 3.8) is 0 Å². The first-order valence-corrected chi connectivity index (χ1v) is 17.9. The third-order valence-corrected chi connectivity index (χ3v) is 10.7. The fourth-order valence-electron chi connectivity index (χ4n) is 6.58. The molecule has 0 unspecified atom stereocenters. The van der Waals surface area contributed by atoms with E-state index >= 15 is 0 Å². The Labute approximate surface area is 291 Å². The molecule has 0 aliphatic heterocycles. The third-order valence-electron chi connectivity index (χ3n) is 8.72. The zero-order valence-corrected chi connectivity index (χ0v) is 28.8. The van der Waals surface area contributed by atoms with E-state index in [-0.39, 0.29) is 18.2 Å². The lowest BCUT2D eigenvalue weighted by Crippen LogP contribution is -2.28. The molecule has 0 radical (unpaired) electrons. The van der Waals surface area contributed by atoms with Crippen LogP contribution in [0.15, 0.2) is 126 Å². The molecule has 0 amide bonds. The smallest absolute Gasteiger partial charge is 0.335 e. The van der Waals surface area contributed by atoms with E-state index in [4.69, 9.17) is 16.3 Å². The monoisotopic (exact) mass is 692 g/mol. The lowest BCUT2D eigenvalue weighted by atomic mass is 9.97. The number of halogens is 1. The summed E-state index contributed by atoms with van der Waals surface area (Å²) in [7, 11) is -3.79. The van der Waals surface area contributed by atoms with Crippen LogP contribution in [0.4, 0.5) is 0 Å². The van der Waals surface area contributed by atoms with Gasteiger partial charge in [-0.1, -0.05) is 90.5 Å². The van der Waals surface area contributed by atoms with Crippen molar-refractivity contribution < 1.29 is 23.1 Å². The number of fused-ring (bicyclic) bond motifs is 1. The first-order valence-electron chi connectivity index (χ1n) is 16.1. The summed E-state index contributed by atoms with van der Waals surface area (Å²) in [5.74, 6) is -0.443. The molecule has 6 rings (SSSR count). The summed E-state index contributed by atoms with van der Waals surface area (Å²) in [6, 6.07) is 38.0. The number of nitrogens with one attached hydrogen (secondary N) is 1. The number of carbonyl (C=O) groups is 1. The topological polar surface area (TPSA) is 97.6 Å². The van der Waals surface area contributed by atoms with Gasteiger partial charge < -0.3 is 14.4 Å². The van der Waals surface area contributed by atoms with Crippen molar-refractivity contribution in [3.05, 3.63) is 165 Å². The van der Waals surface area contributed by atoms with E-state index in [1.54, 1.807) is 38.1 Å². The highest BCUT2D eigenvalue weighted by molar-refractivity contribution is 7.89. The third kappa shape index (κ3) is 7.42. The zero-order valence-electron chi connectivity index (χ0n) is 27.3. The van der Waals surface area contributed by atoms with E-state index in [0.717, 1.165) is 33.3 Å². The fourth-order valence-corrected chi connectivity index (χ4v) is 8.25. The molecule has 0 aliphatic carbocycles. The van der Waals surface area contributed by atoms with Gasteiger partial charge in [0.25, 0.3) is 0 Å². The van der Waals surface area contributed by atoms with Gasteiger partial charge in [-0.2, -0.15) is 0 Å². The highest BCUT2D eigenvalue weighted by Gasteiger charge is 2.26. The Bertz CT molecular complexity index is 2140. The van der Waals surface area contributed by atoms with Gasteiger partial charge in [-0.3, -0.25) is 0 Å². The van der Waals surface area contributed by atoms with Crippen molar-refractivity contribution in [1.29, 1.82) is 0 Å². The second-order valence-corrected chi connectivity index (χ2v) is 14.1.